The van der Waals surface area contributed by atoms with Crippen molar-refractivity contribution in [3.63, 3.8) is 0 Å². The summed E-state index contributed by atoms with van der Waals surface area (Å²) in [5, 5.41) is 0. The maximum absolute atomic E-state index is 9.32. The van der Waals surface area contributed by atoms with E-state index in [1.165, 1.54) is 0 Å². The summed E-state index contributed by atoms with van der Waals surface area (Å²) < 4.78 is 21.2. The molecule has 0 spiro atoms. The van der Waals surface area contributed by atoms with E-state index in [-0.39, 0.29) is 34.9 Å². The van der Waals surface area contributed by atoms with Crippen LogP contribution in [0.4, 0.5) is 0 Å². The van der Waals surface area contributed by atoms with Crippen molar-refractivity contribution >= 4 is 39.6 Å². The Kier molecular flexibility index (Phi) is 14.2. The first-order valence-corrected chi connectivity index (χ1v) is 4.38. The molecule has 0 amide bonds. The molecule has 0 aromatic heterocycles. The summed E-state index contributed by atoms with van der Waals surface area (Å²) in [7, 11) is -11.4. The maximum Gasteiger partial charge on any atom is 4.00 e. The molecule has 0 rings (SSSR count). The largest absolute Gasteiger partial charge is 4.00 e. The van der Waals surface area contributed by atoms with Crippen molar-refractivity contribution in [2.75, 3.05) is 0 Å². The minimum atomic E-state index is -5.68. The van der Waals surface area contributed by atoms with Crippen LogP contribution in [0.15, 0.2) is 0 Å². The third-order valence-corrected chi connectivity index (χ3v) is 1.80. The average Bonchev–Trinajstić information content (AvgIpc) is 1.14. The molecular formula is H4O9P2Sn. The van der Waals surface area contributed by atoms with Gasteiger partial charge in [-0.3, -0.25) is 0 Å². The molecule has 9 nitrogen and oxygen atoms in total. The van der Waals surface area contributed by atoms with Gasteiger partial charge in [-0.05, 0) is 0 Å². The van der Waals surface area contributed by atoms with E-state index in [4.69, 9.17) is 0 Å². The van der Waals surface area contributed by atoms with Crippen molar-refractivity contribution in [2.45, 2.75) is 0 Å². The third-order valence-electron chi connectivity index (χ3n) is 0.200. The SMILES string of the molecule is O.O.O=P([O-])([O-])OP(=O)([O-])[O-].[Sn+4]. The van der Waals surface area contributed by atoms with Gasteiger partial charge in [-0.25, -0.2) is 0 Å². The fraction of sp³-hybridized carbons (Fsp3) is 0. The minimum absolute atomic E-state index is 0. The first-order valence-electron chi connectivity index (χ1n) is 1.46. The van der Waals surface area contributed by atoms with Gasteiger partial charge in [0.1, 0.15) is 0 Å². The van der Waals surface area contributed by atoms with Gasteiger partial charge in [-0.15, -0.1) is 0 Å². The molecule has 0 saturated carbocycles. The van der Waals surface area contributed by atoms with Crippen LogP contribution in [-0.4, -0.2) is 34.9 Å². The second kappa shape index (κ2) is 7.39. The van der Waals surface area contributed by atoms with E-state index in [0.717, 1.165) is 0 Å². The van der Waals surface area contributed by atoms with Gasteiger partial charge in [-0.1, -0.05) is 0 Å². The molecule has 0 bridgehead atoms. The van der Waals surface area contributed by atoms with E-state index in [1.807, 2.05) is 0 Å². The van der Waals surface area contributed by atoms with Crippen LogP contribution in [0.3, 0.4) is 0 Å². The average molecular weight is 329 g/mol. The Morgan fingerprint density at radius 1 is 0.833 bits per heavy atom. The van der Waals surface area contributed by atoms with E-state index in [9.17, 15) is 28.7 Å². The van der Waals surface area contributed by atoms with Crippen LogP contribution in [0.5, 0.6) is 0 Å². The Morgan fingerprint density at radius 3 is 1.00 bits per heavy atom. The molecule has 12 heteroatoms. The van der Waals surface area contributed by atoms with Crippen LogP contribution in [0.25, 0.3) is 0 Å². The van der Waals surface area contributed by atoms with Crippen molar-refractivity contribution in [3.8, 4) is 0 Å². The molecule has 0 fully saturated rings. The Hall–Kier alpha value is 0.979. The van der Waals surface area contributed by atoms with Crippen LogP contribution < -0.4 is 19.6 Å². The summed E-state index contributed by atoms with van der Waals surface area (Å²) in [5.74, 6) is 0. The number of hydrogen-bond acceptors (Lipinski definition) is 7. The molecule has 0 unspecified atom stereocenters. The van der Waals surface area contributed by atoms with Crippen LogP contribution in [0.1, 0.15) is 0 Å². The van der Waals surface area contributed by atoms with Gasteiger partial charge in [-0.2, -0.15) is 0 Å². The second-order valence-electron chi connectivity index (χ2n) is 0.976. The minimum Gasteiger partial charge on any atom is -0.790 e. The van der Waals surface area contributed by atoms with E-state index in [0.29, 0.717) is 0 Å². The molecular weight excluding hydrogens is 325 g/mol. The van der Waals surface area contributed by atoms with Gasteiger partial charge < -0.3 is 44.0 Å². The first kappa shape index (κ1) is 23.1. The van der Waals surface area contributed by atoms with Gasteiger partial charge in [0.2, 0.25) is 0 Å². The maximum atomic E-state index is 9.32. The van der Waals surface area contributed by atoms with Crippen LogP contribution >= 0.6 is 15.6 Å². The van der Waals surface area contributed by atoms with Crippen molar-refractivity contribution in [1.82, 2.24) is 0 Å². The van der Waals surface area contributed by atoms with Crippen LogP contribution in [0, 0.1) is 0 Å². The number of phosphoric acid groups is 2. The Balaban J connectivity index is -0.000000107. The van der Waals surface area contributed by atoms with Crippen molar-refractivity contribution < 1.29 is 44.0 Å². The summed E-state index contributed by atoms with van der Waals surface area (Å²) >= 11 is 0. The van der Waals surface area contributed by atoms with E-state index >= 15 is 0 Å². The van der Waals surface area contributed by atoms with Gasteiger partial charge >= 0.3 is 23.9 Å². The Bertz CT molecular complexity index is 153. The summed E-state index contributed by atoms with van der Waals surface area (Å²) in [5.41, 5.74) is 0. The first-order chi connectivity index (χ1) is 3.71. The molecule has 0 aliphatic rings. The molecule has 0 aliphatic heterocycles. The zero-order valence-corrected chi connectivity index (χ0v) is 9.90. The van der Waals surface area contributed by atoms with E-state index < -0.39 is 15.6 Å². The zero-order chi connectivity index (χ0) is 7.71. The van der Waals surface area contributed by atoms with Crippen LogP contribution in [0.2, 0.25) is 0 Å². The number of rotatable bonds is 2. The molecule has 0 aromatic rings. The Labute approximate surface area is 83.8 Å². The Morgan fingerprint density at radius 2 is 1.00 bits per heavy atom. The van der Waals surface area contributed by atoms with Crippen LogP contribution in [-0.2, 0) is 13.4 Å². The van der Waals surface area contributed by atoms with Crippen molar-refractivity contribution in [1.29, 1.82) is 0 Å². The van der Waals surface area contributed by atoms with E-state index in [1.54, 1.807) is 0 Å². The van der Waals surface area contributed by atoms with Gasteiger partial charge in [0.25, 0.3) is 0 Å². The summed E-state index contributed by atoms with van der Waals surface area (Å²) in [6.45, 7) is 0. The predicted molar refractivity (Wildman–Crippen MR) is 29.3 cm³/mol. The monoisotopic (exact) mass is 330 g/mol. The molecule has 0 heterocycles. The molecule has 12 heavy (non-hydrogen) atoms. The molecule has 0 saturated heterocycles. The quantitative estimate of drug-likeness (QED) is 0.355. The van der Waals surface area contributed by atoms with E-state index in [2.05, 4.69) is 4.31 Å². The molecule has 72 valence electrons. The standard InChI is InChI=1S/H4O7P2.2H2O.Sn/c1-8(2,3)7-9(4,5)6;;;/h(H2,1,2,3)(H2,4,5,6);2*1H2;/q;;;+4/p-4. The molecule has 0 aromatic carbocycles. The zero-order valence-electron chi connectivity index (χ0n) is 5.25. The second-order valence-corrected chi connectivity index (χ2v) is 3.42. The fourth-order valence-electron chi connectivity index (χ4n) is 0.122. The molecule has 0 aliphatic carbocycles. The predicted octanol–water partition coefficient (Wildman–Crippen LogP) is -5.37. The topological polar surface area (TPSA) is 199 Å². The van der Waals surface area contributed by atoms with Gasteiger partial charge in [0.15, 0.2) is 0 Å². The fourth-order valence-corrected chi connectivity index (χ4v) is 1.10. The van der Waals surface area contributed by atoms with Crippen molar-refractivity contribution in [3.05, 3.63) is 0 Å². The molecule has 0 radical (unpaired) electrons. The van der Waals surface area contributed by atoms with Crippen molar-refractivity contribution in [2.24, 2.45) is 0 Å². The summed E-state index contributed by atoms with van der Waals surface area (Å²) in [6.07, 6.45) is 0. The molecule has 4 N–H and O–H groups in total. The molecule has 0 atom stereocenters. The summed E-state index contributed by atoms with van der Waals surface area (Å²) in [4.78, 5) is 37.3. The van der Waals surface area contributed by atoms with Gasteiger partial charge in [0.05, 0.1) is 15.6 Å². The normalized spacial score (nSPS) is 10.3. The summed E-state index contributed by atoms with van der Waals surface area (Å²) in [6, 6.07) is 0. The van der Waals surface area contributed by atoms with Gasteiger partial charge in [0, 0.05) is 0 Å². The third kappa shape index (κ3) is 22.4. The smallest absolute Gasteiger partial charge is 0.790 e. The number of hydrogen-bond donors (Lipinski definition) is 0.